The number of nitrogens with one attached hydrogen (secondary N) is 2. The van der Waals surface area contributed by atoms with Crippen LogP contribution < -0.4 is 10.6 Å². The first-order valence-electron chi connectivity index (χ1n) is 11.7. The van der Waals surface area contributed by atoms with Gasteiger partial charge in [0.15, 0.2) is 0 Å². The first kappa shape index (κ1) is 19.4. The van der Waals surface area contributed by atoms with Crippen molar-refractivity contribution in [2.75, 3.05) is 26.2 Å². The summed E-state index contributed by atoms with van der Waals surface area (Å²) in [6, 6.07) is 5.62. The Morgan fingerprint density at radius 1 is 1.03 bits per heavy atom. The number of carbonyl (C=O) groups excluding carboxylic acids is 3. The molecule has 0 radical (unpaired) electrons. The third-order valence-electron chi connectivity index (χ3n) is 8.66. The standard InChI is InChI=1S/C24H30N4O3/c29-20-6-5-19(21(30)26-20)28-11-17-9-16(3-4-18(17)22(28)31)10-27-14-23-7-1-2-8-24(23,15-27)13-25-12-23/h3-4,9,19,25H,1-2,5-8,10-15H2,(H,26,29,30). The molecular weight excluding hydrogens is 392 g/mol. The normalized spacial score (nSPS) is 35.2. The van der Waals surface area contributed by atoms with Crippen LogP contribution in [0, 0.1) is 10.8 Å². The van der Waals surface area contributed by atoms with Gasteiger partial charge in [-0.3, -0.25) is 24.6 Å². The van der Waals surface area contributed by atoms with Crippen molar-refractivity contribution in [1.82, 2.24) is 20.4 Å². The molecule has 6 rings (SSSR count). The maximum absolute atomic E-state index is 12.9. The molecule has 2 N–H and O–H groups in total. The number of carbonyl (C=O) groups is 3. The zero-order valence-corrected chi connectivity index (χ0v) is 17.9. The summed E-state index contributed by atoms with van der Waals surface area (Å²) in [5, 5.41) is 6.06. The SMILES string of the molecule is O=C1CCC(N2Cc3cc(CN4CC56CCCCC5(CNC6)C4)ccc3C2=O)C(=O)N1. The molecule has 1 saturated carbocycles. The lowest BCUT2D eigenvalue weighted by Crippen LogP contribution is -2.52. The third kappa shape index (κ3) is 2.89. The van der Waals surface area contributed by atoms with Gasteiger partial charge in [-0.15, -0.1) is 0 Å². The molecule has 0 bridgehead atoms. The van der Waals surface area contributed by atoms with Gasteiger partial charge in [-0.05, 0) is 36.5 Å². The van der Waals surface area contributed by atoms with E-state index in [0.717, 1.165) is 25.2 Å². The Morgan fingerprint density at radius 3 is 2.48 bits per heavy atom. The third-order valence-corrected chi connectivity index (χ3v) is 8.66. The Labute approximate surface area is 182 Å². The van der Waals surface area contributed by atoms with Gasteiger partial charge in [0, 0.05) is 62.1 Å². The molecule has 3 unspecified atom stereocenters. The monoisotopic (exact) mass is 422 g/mol. The summed E-state index contributed by atoms with van der Waals surface area (Å²) in [4.78, 5) is 40.9. The highest BCUT2D eigenvalue weighted by Gasteiger charge is 2.60. The number of nitrogens with zero attached hydrogens (tertiary/aromatic N) is 2. The molecule has 1 aromatic carbocycles. The average Bonchev–Trinajstić information content (AvgIpc) is 3.35. The number of rotatable bonds is 3. The minimum atomic E-state index is -0.548. The topological polar surface area (TPSA) is 81.8 Å². The minimum absolute atomic E-state index is 0.0957. The van der Waals surface area contributed by atoms with Gasteiger partial charge in [-0.25, -0.2) is 0 Å². The summed E-state index contributed by atoms with van der Waals surface area (Å²) in [5.41, 5.74) is 3.83. The fraction of sp³-hybridized carbons (Fsp3) is 0.625. The van der Waals surface area contributed by atoms with Crippen LogP contribution in [0.4, 0.5) is 0 Å². The predicted octanol–water partition coefficient (Wildman–Crippen LogP) is 1.41. The molecule has 3 saturated heterocycles. The van der Waals surface area contributed by atoms with Crippen LogP contribution >= 0.6 is 0 Å². The lowest BCUT2D eigenvalue weighted by Gasteiger charge is -2.42. The lowest BCUT2D eigenvalue weighted by molar-refractivity contribution is -0.136. The highest BCUT2D eigenvalue weighted by atomic mass is 16.2. The van der Waals surface area contributed by atoms with E-state index in [1.54, 1.807) is 4.90 Å². The fourth-order valence-electron chi connectivity index (χ4n) is 7.16. The van der Waals surface area contributed by atoms with E-state index < -0.39 is 6.04 Å². The zero-order valence-electron chi connectivity index (χ0n) is 17.9. The van der Waals surface area contributed by atoms with Gasteiger partial charge in [0.2, 0.25) is 11.8 Å². The highest BCUT2D eigenvalue weighted by Crippen LogP contribution is 2.57. The number of fused-ring (bicyclic) bond motifs is 1. The molecular formula is C24H30N4O3. The maximum Gasteiger partial charge on any atom is 0.255 e. The molecule has 0 spiro atoms. The summed E-state index contributed by atoms with van der Waals surface area (Å²) in [7, 11) is 0. The quantitative estimate of drug-likeness (QED) is 0.720. The Hall–Kier alpha value is -2.25. The van der Waals surface area contributed by atoms with Crippen molar-refractivity contribution in [2.24, 2.45) is 10.8 Å². The molecule has 1 aliphatic carbocycles. The fourth-order valence-corrected chi connectivity index (χ4v) is 7.16. The second kappa shape index (κ2) is 6.87. The van der Waals surface area contributed by atoms with Crippen molar-refractivity contribution in [2.45, 2.75) is 57.7 Å². The number of likely N-dealkylation sites (tertiary alicyclic amines) is 1. The second-order valence-electron chi connectivity index (χ2n) is 10.4. The van der Waals surface area contributed by atoms with Crippen LogP contribution in [0.15, 0.2) is 18.2 Å². The van der Waals surface area contributed by atoms with E-state index in [1.165, 1.54) is 44.3 Å². The van der Waals surface area contributed by atoms with Crippen molar-refractivity contribution >= 4 is 17.7 Å². The lowest BCUT2D eigenvalue weighted by atomic mass is 9.60. The van der Waals surface area contributed by atoms with E-state index in [9.17, 15) is 14.4 Å². The van der Waals surface area contributed by atoms with E-state index in [-0.39, 0.29) is 24.1 Å². The zero-order chi connectivity index (χ0) is 21.2. The van der Waals surface area contributed by atoms with E-state index >= 15 is 0 Å². The van der Waals surface area contributed by atoms with Gasteiger partial charge in [0.25, 0.3) is 5.91 Å². The molecule has 7 nitrogen and oxygen atoms in total. The van der Waals surface area contributed by atoms with E-state index in [2.05, 4.69) is 27.7 Å². The first-order chi connectivity index (χ1) is 15.0. The molecule has 4 aliphatic heterocycles. The van der Waals surface area contributed by atoms with Crippen molar-refractivity contribution in [3.8, 4) is 0 Å². The summed E-state index contributed by atoms with van der Waals surface area (Å²) >= 11 is 0. The summed E-state index contributed by atoms with van der Waals surface area (Å²) in [5.74, 6) is -0.699. The molecule has 5 aliphatic rings. The first-order valence-corrected chi connectivity index (χ1v) is 11.7. The van der Waals surface area contributed by atoms with Crippen LogP contribution in [-0.2, 0) is 22.7 Å². The predicted molar refractivity (Wildman–Crippen MR) is 114 cm³/mol. The summed E-state index contributed by atoms with van der Waals surface area (Å²) in [6.07, 6.45) is 6.09. The van der Waals surface area contributed by atoms with Gasteiger partial charge >= 0.3 is 0 Å². The van der Waals surface area contributed by atoms with Gasteiger partial charge in [0.1, 0.15) is 6.04 Å². The molecule has 3 amide bonds. The van der Waals surface area contributed by atoms with Crippen LogP contribution in [0.2, 0.25) is 0 Å². The average molecular weight is 423 g/mol. The van der Waals surface area contributed by atoms with Gasteiger partial charge in [-0.1, -0.05) is 25.0 Å². The Kier molecular flexibility index (Phi) is 4.31. The Morgan fingerprint density at radius 2 is 1.77 bits per heavy atom. The summed E-state index contributed by atoms with van der Waals surface area (Å²) < 4.78 is 0. The van der Waals surface area contributed by atoms with Crippen LogP contribution in [0.1, 0.15) is 60.0 Å². The van der Waals surface area contributed by atoms with Gasteiger partial charge < -0.3 is 10.2 Å². The van der Waals surface area contributed by atoms with Crippen LogP contribution in [0.3, 0.4) is 0 Å². The van der Waals surface area contributed by atoms with E-state index in [1.807, 2.05) is 6.07 Å². The van der Waals surface area contributed by atoms with Crippen molar-refractivity contribution < 1.29 is 14.4 Å². The van der Waals surface area contributed by atoms with Gasteiger partial charge in [0.05, 0.1) is 0 Å². The molecule has 7 heteroatoms. The Balaban J connectivity index is 1.18. The molecule has 0 aromatic heterocycles. The number of piperidine rings is 1. The van der Waals surface area contributed by atoms with Crippen molar-refractivity contribution in [1.29, 1.82) is 0 Å². The number of hydrogen-bond donors (Lipinski definition) is 2. The van der Waals surface area contributed by atoms with Crippen LogP contribution in [0.5, 0.6) is 0 Å². The summed E-state index contributed by atoms with van der Waals surface area (Å²) in [6.45, 7) is 6.01. The largest absolute Gasteiger partial charge is 0.322 e. The van der Waals surface area contributed by atoms with Crippen molar-refractivity contribution in [3.05, 3.63) is 34.9 Å². The van der Waals surface area contributed by atoms with Crippen LogP contribution in [0.25, 0.3) is 0 Å². The van der Waals surface area contributed by atoms with Crippen LogP contribution in [-0.4, -0.2) is 59.7 Å². The number of hydrogen-bond acceptors (Lipinski definition) is 5. The number of amides is 3. The molecule has 4 fully saturated rings. The van der Waals surface area contributed by atoms with E-state index in [0.29, 0.717) is 29.4 Å². The Bertz CT molecular complexity index is 956. The van der Waals surface area contributed by atoms with Crippen molar-refractivity contribution in [3.63, 3.8) is 0 Å². The van der Waals surface area contributed by atoms with Gasteiger partial charge in [-0.2, -0.15) is 0 Å². The van der Waals surface area contributed by atoms with E-state index in [4.69, 9.17) is 0 Å². The molecule has 1 aromatic rings. The second-order valence-corrected chi connectivity index (χ2v) is 10.4. The number of benzene rings is 1. The molecule has 3 atom stereocenters. The molecule has 164 valence electrons. The highest BCUT2D eigenvalue weighted by molar-refractivity contribution is 6.05. The molecule has 31 heavy (non-hydrogen) atoms. The smallest absolute Gasteiger partial charge is 0.255 e. The maximum atomic E-state index is 12.9. The number of imide groups is 1. The molecule has 4 heterocycles. The minimum Gasteiger partial charge on any atom is -0.322 e.